The predicted octanol–water partition coefficient (Wildman–Crippen LogP) is 1.03. The van der Waals surface area contributed by atoms with Crippen molar-refractivity contribution in [3.63, 3.8) is 0 Å². The van der Waals surface area contributed by atoms with Crippen LogP contribution in [0.15, 0.2) is 41.6 Å². The Morgan fingerprint density at radius 3 is 2.28 bits per heavy atom. The summed E-state index contributed by atoms with van der Waals surface area (Å²) < 4.78 is 53.5. The molecule has 2 aliphatic rings. The first kappa shape index (κ1) is 16.9. The molecular formula is C16H19N3O4S2. The lowest BCUT2D eigenvalue weighted by Gasteiger charge is -2.33. The zero-order chi connectivity index (χ0) is 17.7. The third-order valence-electron chi connectivity index (χ3n) is 4.76. The van der Waals surface area contributed by atoms with Crippen LogP contribution in [0, 0.1) is 0 Å². The summed E-state index contributed by atoms with van der Waals surface area (Å²) in [4.78, 5) is 4.27. The highest BCUT2D eigenvalue weighted by molar-refractivity contribution is 7.90. The highest BCUT2D eigenvalue weighted by Crippen LogP contribution is 2.32. The van der Waals surface area contributed by atoms with Gasteiger partial charge < -0.3 is 0 Å². The van der Waals surface area contributed by atoms with Gasteiger partial charge in [0.05, 0.1) is 10.1 Å². The molecule has 9 heteroatoms. The highest BCUT2D eigenvalue weighted by Gasteiger charge is 2.42. The standard InChI is InChI=1S/C16H19N3O4S2/c20-24(21,14-4-5-14)18-8-10-19(11-9-18)25(22,23)16-3-1-2-13-12-17-7-6-15(13)16/h1-3,6-7,12,14H,4-5,8-11H2. The van der Waals surface area contributed by atoms with E-state index < -0.39 is 20.0 Å². The van der Waals surface area contributed by atoms with Gasteiger partial charge in [0.25, 0.3) is 0 Å². The van der Waals surface area contributed by atoms with Gasteiger partial charge in [-0.15, -0.1) is 0 Å². The molecule has 0 atom stereocenters. The van der Waals surface area contributed by atoms with Crippen molar-refractivity contribution in [3.8, 4) is 0 Å². The van der Waals surface area contributed by atoms with Crippen molar-refractivity contribution in [2.75, 3.05) is 26.2 Å². The van der Waals surface area contributed by atoms with Crippen LogP contribution in [0.4, 0.5) is 0 Å². The van der Waals surface area contributed by atoms with Crippen LogP contribution in [-0.4, -0.2) is 61.9 Å². The molecule has 1 aromatic heterocycles. The molecule has 1 saturated carbocycles. The molecule has 134 valence electrons. The summed E-state index contributed by atoms with van der Waals surface area (Å²) in [5.41, 5.74) is 0. The largest absolute Gasteiger partial charge is 0.264 e. The Labute approximate surface area is 147 Å². The predicted molar refractivity (Wildman–Crippen MR) is 94.0 cm³/mol. The average molecular weight is 381 g/mol. The lowest BCUT2D eigenvalue weighted by atomic mass is 10.2. The van der Waals surface area contributed by atoms with Crippen molar-refractivity contribution in [1.82, 2.24) is 13.6 Å². The number of piperazine rings is 1. The summed E-state index contributed by atoms with van der Waals surface area (Å²) in [6.07, 6.45) is 4.63. The quantitative estimate of drug-likeness (QED) is 0.789. The second-order valence-electron chi connectivity index (χ2n) is 6.40. The van der Waals surface area contributed by atoms with Crippen molar-refractivity contribution < 1.29 is 16.8 Å². The van der Waals surface area contributed by atoms with Crippen molar-refractivity contribution in [2.24, 2.45) is 0 Å². The van der Waals surface area contributed by atoms with Crippen LogP contribution in [0.1, 0.15) is 12.8 Å². The molecule has 0 amide bonds. The van der Waals surface area contributed by atoms with Crippen molar-refractivity contribution >= 4 is 30.8 Å². The number of nitrogens with zero attached hydrogens (tertiary/aromatic N) is 3. The van der Waals surface area contributed by atoms with Crippen LogP contribution in [0.2, 0.25) is 0 Å². The molecule has 1 aliphatic heterocycles. The Hall–Kier alpha value is -1.55. The van der Waals surface area contributed by atoms with Gasteiger partial charge >= 0.3 is 0 Å². The molecule has 1 saturated heterocycles. The number of aromatic nitrogens is 1. The molecule has 0 unspecified atom stereocenters. The molecule has 1 aliphatic carbocycles. The number of hydrogen-bond acceptors (Lipinski definition) is 5. The van der Waals surface area contributed by atoms with Crippen LogP contribution in [0.5, 0.6) is 0 Å². The first-order valence-corrected chi connectivity index (χ1v) is 11.2. The van der Waals surface area contributed by atoms with E-state index in [1.165, 1.54) is 8.61 Å². The van der Waals surface area contributed by atoms with E-state index in [-0.39, 0.29) is 36.3 Å². The normalized spacial score (nSPS) is 20.8. The molecule has 7 nitrogen and oxygen atoms in total. The highest BCUT2D eigenvalue weighted by atomic mass is 32.2. The molecule has 0 bridgehead atoms. The van der Waals surface area contributed by atoms with Crippen LogP contribution in [0.25, 0.3) is 10.8 Å². The van der Waals surface area contributed by atoms with Crippen molar-refractivity contribution in [3.05, 3.63) is 36.7 Å². The Bertz CT molecular complexity index is 1000. The van der Waals surface area contributed by atoms with Gasteiger partial charge in [0.1, 0.15) is 0 Å². The Morgan fingerprint density at radius 2 is 1.60 bits per heavy atom. The fourth-order valence-corrected chi connectivity index (χ4v) is 6.66. The molecule has 2 heterocycles. The second-order valence-corrected chi connectivity index (χ2v) is 10.5. The summed E-state index contributed by atoms with van der Waals surface area (Å²) in [7, 11) is -6.93. The van der Waals surface area contributed by atoms with Crippen molar-refractivity contribution in [2.45, 2.75) is 23.0 Å². The van der Waals surface area contributed by atoms with Gasteiger partial charge in [0.15, 0.2) is 0 Å². The zero-order valence-electron chi connectivity index (χ0n) is 13.6. The van der Waals surface area contributed by atoms with Gasteiger partial charge in [-0.05, 0) is 25.0 Å². The summed E-state index contributed by atoms with van der Waals surface area (Å²) >= 11 is 0. The molecule has 0 radical (unpaired) electrons. The third-order valence-corrected chi connectivity index (χ3v) is 9.12. The number of hydrogen-bond donors (Lipinski definition) is 0. The lowest BCUT2D eigenvalue weighted by molar-refractivity contribution is 0.272. The smallest absolute Gasteiger partial charge is 0.243 e. The van der Waals surface area contributed by atoms with E-state index >= 15 is 0 Å². The van der Waals surface area contributed by atoms with Gasteiger partial charge in [0, 0.05) is 49.3 Å². The summed E-state index contributed by atoms with van der Waals surface area (Å²) in [5.74, 6) is 0. The monoisotopic (exact) mass is 381 g/mol. The minimum atomic E-state index is -3.68. The van der Waals surface area contributed by atoms with Gasteiger partial charge in [-0.1, -0.05) is 12.1 Å². The molecule has 0 N–H and O–H groups in total. The third kappa shape index (κ3) is 2.95. The Morgan fingerprint density at radius 1 is 0.920 bits per heavy atom. The number of benzene rings is 1. The van der Waals surface area contributed by atoms with Crippen LogP contribution < -0.4 is 0 Å². The van der Waals surface area contributed by atoms with Crippen LogP contribution in [-0.2, 0) is 20.0 Å². The van der Waals surface area contributed by atoms with Crippen LogP contribution >= 0.6 is 0 Å². The topological polar surface area (TPSA) is 87.7 Å². The van der Waals surface area contributed by atoms with Crippen LogP contribution in [0.3, 0.4) is 0 Å². The first-order valence-electron chi connectivity index (χ1n) is 8.22. The van der Waals surface area contributed by atoms with E-state index in [9.17, 15) is 16.8 Å². The molecule has 0 spiro atoms. The fourth-order valence-electron chi connectivity index (χ4n) is 3.20. The van der Waals surface area contributed by atoms with E-state index in [0.717, 1.165) is 5.39 Å². The maximum Gasteiger partial charge on any atom is 0.243 e. The van der Waals surface area contributed by atoms with E-state index in [0.29, 0.717) is 18.2 Å². The number of sulfonamides is 2. The Balaban J connectivity index is 1.59. The number of rotatable bonds is 4. The van der Waals surface area contributed by atoms with Gasteiger partial charge in [-0.25, -0.2) is 16.8 Å². The van der Waals surface area contributed by atoms with E-state index in [1.807, 2.05) is 6.07 Å². The Kier molecular flexibility index (Phi) is 4.06. The SMILES string of the molecule is O=S(=O)(c1cccc2cnccc12)N1CCN(S(=O)(=O)C2CC2)CC1. The fraction of sp³-hybridized carbons (Fsp3) is 0.438. The maximum absolute atomic E-state index is 13.0. The zero-order valence-corrected chi connectivity index (χ0v) is 15.2. The lowest BCUT2D eigenvalue weighted by Crippen LogP contribution is -2.51. The molecule has 4 rings (SSSR count). The molecule has 25 heavy (non-hydrogen) atoms. The van der Waals surface area contributed by atoms with Gasteiger partial charge in [-0.3, -0.25) is 4.98 Å². The number of pyridine rings is 1. The average Bonchev–Trinajstić information content (AvgIpc) is 3.47. The van der Waals surface area contributed by atoms with E-state index in [1.54, 1.807) is 30.6 Å². The molecular weight excluding hydrogens is 362 g/mol. The molecule has 2 fully saturated rings. The first-order chi connectivity index (χ1) is 11.9. The molecule has 1 aromatic carbocycles. The number of fused-ring (bicyclic) bond motifs is 1. The summed E-state index contributed by atoms with van der Waals surface area (Å²) in [5, 5.41) is 1.13. The summed E-state index contributed by atoms with van der Waals surface area (Å²) in [6.45, 7) is 0.778. The second kappa shape index (κ2) is 6.01. The van der Waals surface area contributed by atoms with Gasteiger partial charge in [-0.2, -0.15) is 8.61 Å². The van der Waals surface area contributed by atoms with Gasteiger partial charge in [0.2, 0.25) is 20.0 Å². The van der Waals surface area contributed by atoms with E-state index in [4.69, 9.17) is 0 Å². The van der Waals surface area contributed by atoms with E-state index in [2.05, 4.69) is 4.98 Å². The summed E-state index contributed by atoms with van der Waals surface area (Å²) in [6, 6.07) is 6.80. The minimum Gasteiger partial charge on any atom is -0.264 e. The maximum atomic E-state index is 13.0. The van der Waals surface area contributed by atoms with Crippen molar-refractivity contribution in [1.29, 1.82) is 0 Å². The minimum absolute atomic E-state index is 0.176. The molecule has 2 aromatic rings.